The molecule has 0 radical (unpaired) electrons. The summed E-state index contributed by atoms with van der Waals surface area (Å²) in [7, 11) is 0. The number of hydrogen-bond acceptors (Lipinski definition) is 5. The molecule has 0 bridgehead atoms. The van der Waals surface area contributed by atoms with E-state index in [0.717, 1.165) is 4.88 Å². The van der Waals surface area contributed by atoms with Gasteiger partial charge in [-0.2, -0.15) is 0 Å². The average molecular weight is 273 g/mol. The van der Waals surface area contributed by atoms with Gasteiger partial charge in [0.1, 0.15) is 5.76 Å². The Bertz CT molecular complexity index is 820. The Labute approximate surface area is 110 Å². The molecule has 0 aliphatic carbocycles. The number of hydrogen-bond donors (Lipinski definition) is 0. The van der Waals surface area contributed by atoms with Crippen LogP contribution in [-0.2, 0) is 0 Å². The van der Waals surface area contributed by atoms with Crippen molar-refractivity contribution < 1.29 is 9.34 Å². The van der Waals surface area contributed by atoms with Crippen molar-refractivity contribution in [2.75, 3.05) is 0 Å². The van der Waals surface area contributed by atoms with Gasteiger partial charge in [-0.25, -0.2) is 4.79 Å². The van der Waals surface area contributed by atoms with E-state index in [9.17, 15) is 14.9 Å². The summed E-state index contributed by atoms with van der Waals surface area (Å²) in [6, 6.07) is 9.53. The number of nitrogens with zero attached hydrogens (tertiary/aromatic N) is 1. The zero-order valence-electron chi connectivity index (χ0n) is 9.53. The van der Waals surface area contributed by atoms with Crippen LogP contribution in [-0.4, -0.2) is 4.92 Å². The summed E-state index contributed by atoms with van der Waals surface area (Å²) in [5, 5.41) is 13.4. The second kappa shape index (κ2) is 4.33. The van der Waals surface area contributed by atoms with Gasteiger partial charge in [0.15, 0.2) is 0 Å². The molecule has 0 fully saturated rings. The largest absolute Gasteiger partial charge is 0.421 e. The summed E-state index contributed by atoms with van der Waals surface area (Å²) in [6.45, 7) is 0. The molecule has 0 unspecified atom stereocenters. The molecule has 0 aliphatic heterocycles. The van der Waals surface area contributed by atoms with Crippen LogP contribution in [0.5, 0.6) is 0 Å². The molecule has 0 aliphatic rings. The zero-order valence-corrected chi connectivity index (χ0v) is 10.3. The summed E-state index contributed by atoms with van der Waals surface area (Å²) in [6.07, 6.45) is 0. The van der Waals surface area contributed by atoms with Crippen LogP contribution < -0.4 is 5.63 Å². The molecular formula is C13H7NO4S. The number of nitro groups is 1. The van der Waals surface area contributed by atoms with Crippen molar-refractivity contribution in [2.45, 2.75) is 0 Å². The molecule has 0 spiro atoms. The van der Waals surface area contributed by atoms with Crippen molar-refractivity contribution in [2.24, 2.45) is 0 Å². The highest BCUT2D eigenvalue weighted by Gasteiger charge is 2.16. The van der Waals surface area contributed by atoms with E-state index in [-0.39, 0.29) is 11.1 Å². The summed E-state index contributed by atoms with van der Waals surface area (Å²) in [5.41, 5.74) is -0.659. The van der Waals surface area contributed by atoms with Crippen molar-refractivity contribution in [1.82, 2.24) is 0 Å². The molecule has 0 saturated heterocycles. The predicted octanol–water partition coefficient (Wildman–Crippen LogP) is 3.43. The van der Waals surface area contributed by atoms with Gasteiger partial charge in [-0.05, 0) is 23.6 Å². The third-order valence-electron chi connectivity index (χ3n) is 2.74. The Morgan fingerprint density at radius 3 is 2.68 bits per heavy atom. The molecule has 2 aromatic heterocycles. The number of non-ortho nitro benzene ring substituents is 1. The fourth-order valence-corrected chi connectivity index (χ4v) is 2.58. The first kappa shape index (κ1) is 11.6. The molecular weight excluding hydrogens is 266 g/mol. The predicted molar refractivity (Wildman–Crippen MR) is 72.5 cm³/mol. The Morgan fingerprint density at radius 2 is 2.00 bits per heavy atom. The standard InChI is InChI=1S/C13H7NO4S/c15-13-8-3-1-4-10(14(16)17)9(8)7-11(18-13)12-5-2-6-19-12/h1-7H. The molecule has 1 aromatic carbocycles. The molecule has 6 heteroatoms. The van der Waals surface area contributed by atoms with E-state index in [0.29, 0.717) is 11.1 Å². The Kier molecular flexibility index (Phi) is 2.64. The average Bonchev–Trinajstić information content (AvgIpc) is 2.91. The van der Waals surface area contributed by atoms with Gasteiger partial charge >= 0.3 is 5.63 Å². The van der Waals surface area contributed by atoms with Crippen LogP contribution in [0.3, 0.4) is 0 Å². The van der Waals surface area contributed by atoms with E-state index in [1.807, 2.05) is 11.4 Å². The highest BCUT2D eigenvalue weighted by Crippen LogP contribution is 2.30. The van der Waals surface area contributed by atoms with Crippen LogP contribution in [0.25, 0.3) is 21.4 Å². The van der Waals surface area contributed by atoms with E-state index in [4.69, 9.17) is 4.42 Å². The van der Waals surface area contributed by atoms with Crippen LogP contribution in [0.1, 0.15) is 0 Å². The normalized spacial score (nSPS) is 10.7. The molecule has 3 rings (SSSR count). The summed E-state index contributed by atoms with van der Waals surface area (Å²) in [5.74, 6) is 0.349. The van der Waals surface area contributed by atoms with Crippen LogP contribution in [0.4, 0.5) is 5.69 Å². The SMILES string of the molecule is O=c1oc(-c2cccs2)cc2c([N+](=O)[O-])cccc12. The highest BCUT2D eigenvalue weighted by atomic mass is 32.1. The number of rotatable bonds is 2. The fourth-order valence-electron chi connectivity index (χ4n) is 1.90. The van der Waals surface area contributed by atoms with Crippen molar-refractivity contribution >= 4 is 27.8 Å². The van der Waals surface area contributed by atoms with Gasteiger partial charge in [-0.1, -0.05) is 12.1 Å². The highest BCUT2D eigenvalue weighted by molar-refractivity contribution is 7.13. The van der Waals surface area contributed by atoms with Crippen LogP contribution in [0.15, 0.2) is 51.0 Å². The second-order valence-corrected chi connectivity index (χ2v) is 4.82. The van der Waals surface area contributed by atoms with Gasteiger partial charge in [0.2, 0.25) is 0 Å². The number of benzene rings is 1. The van der Waals surface area contributed by atoms with E-state index in [1.165, 1.54) is 29.5 Å². The third kappa shape index (κ3) is 1.92. The first-order valence-electron chi connectivity index (χ1n) is 5.42. The van der Waals surface area contributed by atoms with Crippen LogP contribution in [0.2, 0.25) is 0 Å². The number of fused-ring (bicyclic) bond motifs is 1. The van der Waals surface area contributed by atoms with E-state index < -0.39 is 10.5 Å². The minimum atomic E-state index is -0.565. The minimum absolute atomic E-state index is 0.0943. The van der Waals surface area contributed by atoms with E-state index in [1.54, 1.807) is 12.1 Å². The molecule has 0 amide bonds. The summed E-state index contributed by atoms with van der Waals surface area (Å²) < 4.78 is 5.20. The minimum Gasteiger partial charge on any atom is -0.421 e. The summed E-state index contributed by atoms with van der Waals surface area (Å²) in [4.78, 5) is 23.1. The van der Waals surface area contributed by atoms with Gasteiger partial charge in [0.25, 0.3) is 5.69 Å². The van der Waals surface area contributed by atoms with Crippen molar-refractivity contribution in [3.63, 3.8) is 0 Å². The smallest absolute Gasteiger partial charge is 0.344 e. The molecule has 2 heterocycles. The zero-order chi connectivity index (χ0) is 13.4. The number of nitro benzene ring substituents is 1. The van der Waals surface area contributed by atoms with Gasteiger partial charge in [-0.15, -0.1) is 11.3 Å². The van der Waals surface area contributed by atoms with Crippen molar-refractivity contribution in [3.8, 4) is 10.6 Å². The lowest BCUT2D eigenvalue weighted by molar-refractivity contribution is -0.383. The molecule has 0 atom stereocenters. The first-order chi connectivity index (χ1) is 9.16. The maximum Gasteiger partial charge on any atom is 0.344 e. The van der Waals surface area contributed by atoms with Gasteiger partial charge in [0.05, 0.1) is 20.6 Å². The van der Waals surface area contributed by atoms with E-state index >= 15 is 0 Å². The third-order valence-corrected chi connectivity index (χ3v) is 3.63. The van der Waals surface area contributed by atoms with E-state index in [2.05, 4.69) is 0 Å². The Balaban J connectivity index is 2.38. The molecule has 19 heavy (non-hydrogen) atoms. The van der Waals surface area contributed by atoms with Gasteiger partial charge in [0, 0.05) is 6.07 Å². The number of thiophene rings is 1. The first-order valence-corrected chi connectivity index (χ1v) is 6.30. The maximum atomic E-state index is 11.9. The second-order valence-electron chi connectivity index (χ2n) is 3.87. The van der Waals surface area contributed by atoms with Gasteiger partial charge in [-0.3, -0.25) is 10.1 Å². The fraction of sp³-hybridized carbons (Fsp3) is 0. The monoisotopic (exact) mass is 273 g/mol. The molecule has 0 saturated carbocycles. The topological polar surface area (TPSA) is 73.3 Å². The van der Waals surface area contributed by atoms with Crippen LogP contribution >= 0.6 is 11.3 Å². The Hall–Kier alpha value is -2.47. The summed E-state index contributed by atoms with van der Waals surface area (Å²) >= 11 is 1.41. The lowest BCUT2D eigenvalue weighted by atomic mass is 10.1. The lowest BCUT2D eigenvalue weighted by Crippen LogP contribution is -2.01. The quantitative estimate of drug-likeness (QED) is 0.529. The molecule has 3 aromatic rings. The molecule has 0 N–H and O–H groups in total. The Morgan fingerprint density at radius 1 is 1.16 bits per heavy atom. The van der Waals surface area contributed by atoms with Crippen molar-refractivity contribution in [3.05, 3.63) is 62.3 Å². The maximum absolute atomic E-state index is 11.9. The van der Waals surface area contributed by atoms with Crippen LogP contribution in [0, 0.1) is 10.1 Å². The lowest BCUT2D eigenvalue weighted by Gasteiger charge is -2.01. The molecule has 94 valence electrons. The van der Waals surface area contributed by atoms with Gasteiger partial charge < -0.3 is 4.42 Å². The van der Waals surface area contributed by atoms with Crippen molar-refractivity contribution in [1.29, 1.82) is 0 Å². The molecule has 5 nitrogen and oxygen atoms in total.